The first kappa shape index (κ1) is 15.5. The van der Waals surface area contributed by atoms with Crippen LogP contribution in [0.2, 0.25) is 5.02 Å². The number of Topliss-reactive ketones (excluding diaryl/α,β-unsaturated/α-hetero) is 1. The second-order valence-corrected chi connectivity index (χ2v) is 5.69. The van der Waals surface area contributed by atoms with Gasteiger partial charge in [-0.05, 0) is 29.8 Å². The van der Waals surface area contributed by atoms with E-state index in [4.69, 9.17) is 16.7 Å². The van der Waals surface area contributed by atoms with Crippen molar-refractivity contribution in [2.45, 2.75) is 11.4 Å². The van der Waals surface area contributed by atoms with E-state index in [0.29, 0.717) is 16.5 Å². The Morgan fingerprint density at radius 3 is 2.57 bits per heavy atom. The number of carboxylic acid groups (broad SMARTS) is 1. The Hall–Kier alpha value is -1.85. The number of ketones is 1. The van der Waals surface area contributed by atoms with Crippen LogP contribution in [0.1, 0.15) is 15.9 Å². The minimum Gasteiger partial charge on any atom is -0.478 e. The zero-order valence-electron chi connectivity index (χ0n) is 11.0. The van der Waals surface area contributed by atoms with Crippen LogP contribution in [0.4, 0.5) is 0 Å². The van der Waals surface area contributed by atoms with E-state index in [-0.39, 0.29) is 17.1 Å². The molecule has 0 radical (unpaired) electrons. The maximum atomic E-state index is 11.9. The lowest BCUT2D eigenvalue weighted by Crippen LogP contribution is -2.07. The van der Waals surface area contributed by atoms with Crippen molar-refractivity contribution in [3.05, 3.63) is 58.7 Å². The highest BCUT2D eigenvalue weighted by Crippen LogP contribution is 2.20. The zero-order chi connectivity index (χ0) is 15.2. The molecule has 6 heteroatoms. The predicted molar refractivity (Wildman–Crippen MR) is 82.1 cm³/mol. The maximum Gasteiger partial charge on any atom is 0.338 e. The van der Waals surface area contributed by atoms with Crippen molar-refractivity contribution in [3.8, 4) is 0 Å². The normalized spacial score (nSPS) is 10.3. The van der Waals surface area contributed by atoms with Crippen LogP contribution in [0, 0.1) is 0 Å². The van der Waals surface area contributed by atoms with Gasteiger partial charge in [0.1, 0.15) is 10.8 Å². The first-order valence-electron chi connectivity index (χ1n) is 6.13. The fraction of sp³-hybridized carbons (Fsp3) is 0.133. The summed E-state index contributed by atoms with van der Waals surface area (Å²) in [4.78, 5) is 27.0. The number of halogens is 1. The average molecular weight is 322 g/mol. The lowest BCUT2D eigenvalue weighted by atomic mass is 10.1. The molecular weight excluding hydrogens is 310 g/mol. The third-order valence-corrected chi connectivity index (χ3v) is 4.00. The van der Waals surface area contributed by atoms with Crippen LogP contribution in [0.25, 0.3) is 0 Å². The molecule has 2 rings (SSSR count). The number of benzene rings is 1. The minimum atomic E-state index is -1.05. The second-order valence-electron chi connectivity index (χ2n) is 4.29. The molecule has 0 saturated carbocycles. The summed E-state index contributed by atoms with van der Waals surface area (Å²) in [5.41, 5.74) is 0.992. The molecule has 21 heavy (non-hydrogen) atoms. The molecule has 1 heterocycles. The SMILES string of the molecule is O=C(CSc1ncccc1C(=O)O)Cc1ccc(Cl)cc1. The van der Waals surface area contributed by atoms with Gasteiger partial charge in [0, 0.05) is 17.6 Å². The Morgan fingerprint density at radius 1 is 1.19 bits per heavy atom. The quantitative estimate of drug-likeness (QED) is 0.826. The van der Waals surface area contributed by atoms with Crippen molar-refractivity contribution in [2.24, 2.45) is 0 Å². The number of carbonyl (C=O) groups excluding carboxylic acids is 1. The number of rotatable bonds is 6. The lowest BCUT2D eigenvalue weighted by molar-refractivity contribution is -0.116. The zero-order valence-corrected chi connectivity index (χ0v) is 12.5. The van der Waals surface area contributed by atoms with Crippen LogP contribution < -0.4 is 0 Å². The van der Waals surface area contributed by atoms with Crippen molar-refractivity contribution < 1.29 is 14.7 Å². The van der Waals surface area contributed by atoms with Gasteiger partial charge in [-0.3, -0.25) is 4.79 Å². The molecule has 1 N–H and O–H groups in total. The predicted octanol–water partition coefficient (Wildman–Crippen LogP) is 3.34. The van der Waals surface area contributed by atoms with Gasteiger partial charge in [0.25, 0.3) is 0 Å². The van der Waals surface area contributed by atoms with Crippen LogP contribution in [-0.2, 0) is 11.2 Å². The Kier molecular flexibility index (Phi) is 5.36. The summed E-state index contributed by atoms with van der Waals surface area (Å²) >= 11 is 6.92. The number of hydrogen-bond donors (Lipinski definition) is 1. The van der Waals surface area contributed by atoms with E-state index in [1.807, 2.05) is 0 Å². The highest BCUT2D eigenvalue weighted by Gasteiger charge is 2.13. The molecule has 0 saturated heterocycles. The summed E-state index contributed by atoms with van der Waals surface area (Å²) < 4.78 is 0. The highest BCUT2D eigenvalue weighted by molar-refractivity contribution is 8.00. The lowest BCUT2D eigenvalue weighted by Gasteiger charge is -2.04. The van der Waals surface area contributed by atoms with Gasteiger partial charge < -0.3 is 5.11 Å². The summed E-state index contributed by atoms with van der Waals surface area (Å²) in [6, 6.07) is 10.1. The summed E-state index contributed by atoms with van der Waals surface area (Å²) in [5.74, 6) is -0.861. The highest BCUT2D eigenvalue weighted by atomic mass is 35.5. The Bertz CT molecular complexity index is 658. The van der Waals surface area contributed by atoms with E-state index < -0.39 is 5.97 Å². The van der Waals surface area contributed by atoms with Crippen LogP contribution in [0.3, 0.4) is 0 Å². The number of pyridine rings is 1. The Balaban J connectivity index is 1.95. The fourth-order valence-corrected chi connectivity index (χ4v) is 2.67. The van der Waals surface area contributed by atoms with Crippen molar-refractivity contribution in [1.29, 1.82) is 0 Å². The molecule has 0 spiro atoms. The molecule has 0 atom stereocenters. The van der Waals surface area contributed by atoms with E-state index in [2.05, 4.69) is 4.98 Å². The van der Waals surface area contributed by atoms with E-state index >= 15 is 0 Å². The van der Waals surface area contributed by atoms with Crippen molar-refractivity contribution in [1.82, 2.24) is 4.98 Å². The third kappa shape index (κ3) is 4.58. The maximum absolute atomic E-state index is 11.9. The molecule has 0 aliphatic heterocycles. The van der Waals surface area contributed by atoms with Crippen LogP contribution in [-0.4, -0.2) is 27.6 Å². The molecule has 4 nitrogen and oxygen atoms in total. The number of aromatic carboxylic acids is 1. The molecule has 2 aromatic rings. The Morgan fingerprint density at radius 2 is 1.90 bits per heavy atom. The van der Waals surface area contributed by atoms with Gasteiger partial charge >= 0.3 is 5.97 Å². The molecule has 0 amide bonds. The summed E-state index contributed by atoms with van der Waals surface area (Å²) in [6.07, 6.45) is 1.80. The van der Waals surface area contributed by atoms with Crippen molar-refractivity contribution in [2.75, 3.05) is 5.75 Å². The fourth-order valence-electron chi connectivity index (χ4n) is 1.70. The summed E-state index contributed by atoms with van der Waals surface area (Å²) in [5, 5.41) is 10.0. The first-order chi connectivity index (χ1) is 10.1. The van der Waals surface area contributed by atoms with E-state index in [0.717, 1.165) is 17.3 Å². The molecule has 0 aliphatic carbocycles. The van der Waals surface area contributed by atoms with Crippen molar-refractivity contribution in [3.63, 3.8) is 0 Å². The standard InChI is InChI=1S/C15H12ClNO3S/c16-11-5-3-10(4-6-11)8-12(18)9-21-14-13(15(19)20)2-1-7-17-14/h1-7H,8-9H2,(H,19,20). The molecule has 0 fully saturated rings. The number of thioether (sulfide) groups is 1. The van der Waals surface area contributed by atoms with E-state index in [9.17, 15) is 9.59 Å². The topological polar surface area (TPSA) is 67.3 Å². The number of carboxylic acids is 1. The van der Waals surface area contributed by atoms with Crippen LogP contribution >= 0.6 is 23.4 Å². The van der Waals surface area contributed by atoms with E-state index in [1.165, 1.54) is 12.3 Å². The molecule has 1 aromatic heterocycles. The Labute approximate surface area is 131 Å². The second kappa shape index (κ2) is 7.24. The van der Waals surface area contributed by atoms with Crippen molar-refractivity contribution >= 4 is 35.1 Å². The average Bonchev–Trinajstić information content (AvgIpc) is 2.48. The number of aromatic nitrogens is 1. The number of hydrogen-bond acceptors (Lipinski definition) is 4. The molecule has 0 unspecified atom stereocenters. The van der Waals surface area contributed by atoms with Crippen LogP contribution in [0.5, 0.6) is 0 Å². The van der Waals surface area contributed by atoms with Gasteiger partial charge in [0.15, 0.2) is 0 Å². The van der Waals surface area contributed by atoms with Gasteiger partial charge in [-0.15, -0.1) is 0 Å². The third-order valence-electron chi connectivity index (χ3n) is 2.69. The number of nitrogens with zero attached hydrogens (tertiary/aromatic N) is 1. The monoisotopic (exact) mass is 321 g/mol. The molecule has 0 bridgehead atoms. The van der Waals surface area contributed by atoms with Gasteiger partial charge in [-0.2, -0.15) is 0 Å². The summed E-state index contributed by atoms with van der Waals surface area (Å²) in [6.45, 7) is 0. The van der Waals surface area contributed by atoms with E-state index in [1.54, 1.807) is 30.3 Å². The smallest absolute Gasteiger partial charge is 0.338 e. The molecular formula is C15H12ClNO3S. The van der Waals surface area contributed by atoms with Gasteiger partial charge in [0.05, 0.1) is 11.3 Å². The minimum absolute atomic E-state index is 0.00399. The van der Waals surface area contributed by atoms with Gasteiger partial charge in [0.2, 0.25) is 0 Å². The largest absolute Gasteiger partial charge is 0.478 e. The number of carbonyl (C=O) groups is 2. The van der Waals surface area contributed by atoms with Crippen LogP contribution in [0.15, 0.2) is 47.6 Å². The molecule has 108 valence electrons. The molecule has 1 aromatic carbocycles. The van der Waals surface area contributed by atoms with Gasteiger partial charge in [-0.25, -0.2) is 9.78 Å². The van der Waals surface area contributed by atoms with Gasteiger partial charge in [-0.1, -0.05) is 35.5 Å². The summed E-state index contributed by atoms with van der Waals surface area (Å²) in [7, 11) is 0. The first-order valence-corrected chi connectivity index (χ1v) is 7.50. The molecule has 0 aliphatic rings.